The summed E-state index contributed by atoms with van der Waals surface area (Å²) in [6.45, 7) is 1.60. The van der Waals surface area contributed by atoms with Crippen LogP contribution in [-0.2, 0) is 4.79 Å². The van der Waals surface area contributed by atoms with Gasteiger partial charge in [-0.3, -0.25) is 0 Å². The molecule has 0 radical (unpaired) electrons. The van der Waals surface area contributed by atoms with E-state index in [1.807, 2.05) is 0 Å². The molecule has 3 nitrogen and oxygen atoms in total. The highest BCUT2D eigenvalue weighted by molar-refractivity contribution is 5.86. The van der Waals surface area contributed by atoms with E-state index in [4.69, 9.17) is 10.4 Å². The highest BCUT2D eigenvalue weighted by Gasteiger charge is 2.02. The zero-order chi connectivity index (χ0) is 7.28. The van der Waals surface area contributed by atoms with E-state index in [2.05, 4.69) is 0 Å². The first-order valence-electron chi connectivity index (χ1n) is 2.47. The smallest absolute Gasteiger partial charge is 0.332 e. The summed E-state index contributed by atoms with van der Waals surface area (Å²) in [4.78, 5) is 10.1. The third-order valence-electron chi connectivity index (χ3n) is 0.893. The Morgan fingerprint density at radius 1 is 1.89 bits per heavy atom. The number of carboxylic acid groups (broad SMARTS) is 1. The number of carboxylic acids is 1. The maximum absolute atomic E-state index is 10.1. The molecule has 0 unspecified atom stereocenters. The Hall–Kier alpha value is -1.30. The van der Waals surface area contributed by atoms with E-state index in [0.29, 0.717) is 0 Å². The Kier molecular flexibility index (Phi) is 3.14. The second-order valence-electron chi connectivity index (χ2n) is 1.45. The van der Waals surface area contributed by atoms with Crippen molar-refractivity contribution in [1.82, 2.24) is 0 Å². The van der Waals surface area contributed by atoms with Crippen molar-refractivity contribution in [2.24, 2.45) is 0 Å². The third kappa shape index (κ3) is 2.50. The molecule has 0 aliphatic heterocycles. The molecule has 0 aromatic rings. The first-order chi connectivity index (χ1) is 4.22. The molecule has 48 valence electrons. The lowest BCUT2D eigenvalue weighted by Crippen LogP contribution is -1.98. The third-order valence-corrected chi connectivity index (χ3v) is 0.893. The predicted molar refractivity (Wildman–Crippen MR) is 31.6 cm³/mol. The fourth-order valence-electron chi connectivity index (χ4n) is 0.386. The highest BCUT2D eigenvalue weighted by atomic mass is 16.4. The second kappa shape index (κ2) is 3.67. The summed E-state index contributed by atoms with van der Waals surface area (Å²) in [7, 11) is 0. The number of nitriles is 1. The van der Waals surface area contributed by atoms with Crippen LogP contribution in [0.4, 0.5) is 0 Å². The van der Waals surface area contributed by atoms with Gasteiger partial charge in [0.2, 0.25) is 0 Å². The Labute approximate surface area is 53.2 Å². The van der Waals surface area contributed by atoms with Crippen LogP contribution in [0.25, 0.3) is 0 Å². The van der Waals surface area contributed by atoms with Gasteiger partial charge in [0.15, 0.2) is 0 Å². The number of allylic oxidation sites excluding steroid dienone is 1. The fraction of sp³-hybridized carbons (Fsp3) is 0.333. The maximum atomic E-state index is 10.1. The van der Waals surface area contributed by atoms with E-state index < -0.39 is 5.97 Å². The van der Waals surface area contributed by atoms with Gasteiger partial charge in [-0.2, -0.15) is 5.26 Å². The first-order valence-corrected chi connectivity index (χ1v) is 2.47. The van der Waals surface area contributed by atoms with Crippen LogP contribution in [-0.4, -0.2) is 11.1 Å². The zero-order valence-electron chi connectivity index (χ0n) is 5.09. The minimum atomic E-state index is -1.01. The normalized spacial score (nSPS) is 10.4. The average molecular weight is 125 g/mol. The molecule has 9 heavy (non-hydrogen) atoms. The maximum Gasteiger partial charge on any atom is 0.332 e. The number of nitrogens with zero attached hydrogens (tertiary/aromatic N) is 1. The molecule has 0 saturated carbocycles. The molecule has 0 aromatic carbocycles. The number of hydrogen-bond acceptors (Lipinski definition) is 2. The van der Waals surface area contributed by atoms with Crippen molar-refractivity contribution in [3.05, 3.63) is 11.6 Å². The summed E-state index contributed by atoms with van der Waals surface area (Å²) in [6.07, 6.45) is 1.40. The van der Waals surface area contributed by atoms with Gasteiger partial charge in [0.1, 0.15) is 0 Å². The summed E-state index contributed by atoms with van der Waals surface area (Å²) in [5.41, 5.74) is 0.150. The lowest BCUT2D eigenvalue weighted by molar-refractivity contribution is -0.132. The Morgan fingerprint density at radius 2 is 2.44 bits per heavy atom. The molecule has 3 heteroatoms. The second-order valence-corrected chi connectivity index (χ2v) is 1.45. The standard InChI is InChI=1S/C6H7NO2/c1-2-5(3-4-7)6(8)9/h2H,3H2,1H3,(H,8,9)/b5-2-. The molecule has 0 saturated heterocycles. The van der Waals surface area contributed by atoms with Crippen LogP contribution >= 0.6 is 0 Å². The van der Waals surface area contributed by atoms with E-state index in [-0.39, 0.29) is 12.0 Å². The van der Waals surface area contributed by atoms with Crippen LogP contribution in [0, 0.1) is 11.3 Å². The Bertz CT molecular complexity index is 176. The van der Waals surface area contributed by atoms with Crippen molar-refractivity contribution in [3.8, 4) is 6.07 Å². The van der Waals surface area contributed by atoms with Crippen molar-refractivity contribution in [1.29, 1.82) is 5.26 Å². The molecule has 0 amide bonds. The van der Waals surface area contributed by atoms with Gasteiger partial charge in [-0.15, -0.1) is 0 Å². The minimum absolute atomic E-state index is 0.0220. The molecule has 0 atom stereocenters. The van der Waals surface area contributed by atoms with Crippen molar-refractivity contribution < 1.29 is 9.90 Å². The van der Waals surface area contributed by atoms with Gasteiger partial charge >= 0.3 is 5.97 Å². The molecular weight excluding hydrogens is 118 g/mol. The summed E-state index contributed by atoms with van der Waals surface area (Å²) in [5.74, 6) is -1.01. The monoisotopic (exact) mass is 125 g/mol. The summed E-state index contributed by atoms with van der Waals surface area (Å²) in [6, 6.07) is 1.75. The first kappa shape index (κ1) is 7.70. The van der Waals surface area contributed by atoms with Crippen LogP contribution in [0.2, 0.25) is 0 Å². The number of carbonyl (C=O) groups is 1. The fourth-order valence-corrected chi connectivity index (χ4v) is 0.386. The van der Waals surface area contributed by atoms with Crippen LogP contribution in [0.3, 0.4) is 0 Å². The lowest BCUT2D eigenvalue weighted by atomic mass is 10.2. The minimum Gasteiger partial charge on any atom is -0.478 e. The molecule has 0 heterocycles. The van der Waals surface area contributed by atoms with E-state index >= 15 is 0 Å². The SMILES string of the molecule is C/C=C(/CC#N)C(=O)O. The molecule has 0 bridgehead atoms. The molecule has 0 aromatic heterocycles. The van der Waals surface area contributed by atoms with E-state index in [9.17, 15) is 4.79 Å². The van der Waals surface area contributed by atoms with Crippen LogP contribution in [0.1, 0.15) is 13.3 Å². The van der Waals surface area contributed by atoms with Gasteiger partial charge in [0.25, 0.3) is 0 Å². The summed E-state index contributed by atoms with van der Waals surface area (Å²) in [5, 5.41) is 16.3. The quantitative estimate of drug-likeness (QED) is 0.558. The highest BCUT2D eigenvalue weighted by Crippen LogP contribution is 1.98. The Balaban J connectivity index is 4.06. The number of aliphatic carboxylic acids is 1. The summed E-state index contributed by atoms with van der Waals surface area (Å²) >= 11 is 0. The number of hydrogen-bond donors (Lipinski definition) is 1. The zero-order valence-corrected chi connectivity index (χ0v) is 5.09. The summed E-state index contributed by atoms with van der Waals surface area (Å²) < 4.78 is 0. The topological polar surface area (TPSA) is 61.1 Å². The largest absolute Gasteiger partial charge is 0.478 e. The van der Waals surface area contributed by atoms with E-state index in [0.717, 1.165) is 0 Å². The molecular formula is C6H7NO2. The van der Waals surface area contributed by atoms with E-state index in [1.54, 1.807) is 13.0 Å². The molecule has 0 spiro atoms. The molecule has 0 aliphatic rings. The average Bonchev–Trinajstić information content (AvgIpc) is 1.82. The van der Waals surface area contributed by atoms with Crippen LogP contribution in [0.5, 0.6) is 0 Å². The van der Waals surface area contributed by atoms with Gasteiger partial charge in [0.05, 0.1) is 12.5 Å². The Morgan fingerprint density at radius 3 is 2.56 bits per heavy atom. The van der Waals surface area contributed by atoms with Gasteiger partial charge in [-0.1, -0.05) is 6.08 Å². The van der Waals surface area contributed by atoms with Gasteiger partial charge in [0, 0.05) is 5.57 Å². The van der Waals surface area contributed by atoms with E-state index in [1.165, 1.54) is 6.08 Å². The molecule has 1 N–H and O–H groups in total. The molecule has 0 aliphatic carbocycles. The van der Waals surface area contributed by atoms with Crippen LogP contribution in [0.15, 0.2) is 11.6 Å². The van der Waals surface area contributed by atoms with Crippen molar-refractivity contribution in [2.45, 2.75) is 13.3 Å². The van der Waals surface area contributed by atoms with Crippen LogP contribution < -0.4 is 0 Å². The molecule has 0 rings (SSSR count). The van der Waals surface area contributed by atoms with Gasteiger partial charge < -0.3 is 5.11 Å². The van der Waals surface area contributed by atoms with Gasteiger partial charge in [-0.05, 0) is 6.92 Å². The lowest BCUT2D eigenvalue weighted by Gasteiger charge is -1.89. The molecule has 0 fully saturated rings. The predicted octanol–water partition coefficient (Wildman–Crippen LogP) is 0.931. The van der Waals surface area contributed by atoms with Gasteiger partial charge in [-0.25, -0.2) is 4.79 Å². The van der Waals surface area contributed by atoms with Crippen molar-refractivity contribution >= 4 is 5.97 Å². The number of rotatable bonds is 2. The van der Waals surface area contributed by atoms with Crippen molar-refractivity contribution in [3.63, 3.8) is 0 Å². The van der Waals surface area contributed by atoms with Crippen molar-refractivity contribution in [2.75, 3.05) is 0 Å².